The molecule has 9 heteroatoms. The van der Waals surface area contributed by atoms with Gasteiger partial charge in [-0.05, 0) is 43.0 Å². The van der Waals surface area contributed by atoms with Crippen LogP contribution < -0.4 is 9.64 Å². The number of esters is 1. The summed E-state index contributed by atoms with van der Waals surface area (Å²) in [6.07, 6.45) is 0.758. The van der Waals surface area contributed by atoms with Gasteiger partial charge in [-0.25, -0.2) is 4.98 Å². The Kier molecular flexibility index (Phi) is 9.00. The number of methoxy groups -OCH3 is 1. The summed E-state index contributed by atoms with van der Waals surface area (Å²) in [6.45, 7) is 10.1. The third kappa shape index (κ3) is 6.47. The van der Waals surface area contributed by atoms with Crippen LogP contribution in [0.3, 0.4) is 0 Å². The molecule has 2 aliphatic rings. The monoisotopic (exact) mass is 560 g/mol. The molecular weight excluding hydrogens is 524 g/mol. The molecule has 3 heterocycles. The van der Waals surface area contributed by atoms with Gasteiger partial charge in [0.1, 0.15) is 12.4 Å². The number of ether oxygens (including phenoxy) is 3. The molecule has 2 atom stereocenters. The minimum Gasteiger partial charge on any atom is -0.488 e. The van der Waals surface area contributed by atoms with Crippen LogP contribution in [0.1, 0.15) is 35.6 Å². The second-order valence-corrected chi connectivity index (χ2v) is 11.5. The number of aromatic nitrogens is 1. The molecule has 2 aromatic carbocycles. The second-order valence-electron chi connectivity index (χ2n) is 10.6. The maximum Gasteiger partial charge on any atom is 0.309 e. The molecule has 0 bridgehead atoms. The average molecular weight is 561 g/mol. The summed E-state index contributed by atoms with van der Waals surface area (Å²) in [5, 5.41) is 12.9. The van der Waals surface area contributed by atoms with Crippen molar-refractivity contribution < 1.29 is 19.0 Å². The Bertz CT molecular complexity index is 1380. The molecule has 1 aromatic heterocycles. The second kappa shape index (κ2) is 12.8. The highest BCUT2D eigenvalue weighted by molar-refractivity contribution is 7.14. The van der Waals surface area contributed by atoms with Crippen molar-refractivity contribution >= 4 is 22.4 Å². The minimum absolute atomic E-state index is 0.0656. The third-order valence-electron chi connectivity index (χ3n) is 7.77. The number of aryl methyl sites for hydroxylation is 1. The maximum absolute atomic E-state index is 12.1. The predicted octanol–water partition coefficient (Wildman–Crippen LogP) is 5.04. The predicted molar refractivity (Wildman–Crippen MR) is 155 cm³/mol. The first-order valence-electron chi connectivity index (χ1n) is 13.8. The minimum atomic E-state index is -0.125. The molecule has 2 saturated heterocycles. The van der Waals surface area contributed by atoms with E-state index in [2.05, 4.69) is 47.2 Å². The zero-order chi connectivity index (χ0) is 28.1. The molecule has 2 fully saturated rings. The zero-order valence-electron chi connectivity index (χ0n) is 23.4. The Morgan fingerprint density at radius 2 is 2.02 bits per heavy atom. The average Bonchev–Trinajstić information content (AvgIpc) is 3.47. The van der Waals surface area contributed by atoms with E-state index < -0.39 is 0 Å². The fraction of sp³-hybridized carbons (Fsp3) is 0.452. The Balaban J connectivity index is 1.29. The van der Waals surface area contributed by atoms with Crippen molar-refractivity contribution in [2.45, 2.75) is 33.4 Å². The molecule has 2 unspecified atom stereocenters. The van der Waals surface area contributed by atoms with Crippen LogP contribution in [0.15, 0.2) is 41.8 Å². The van der Waals surface area contributed by atoms with E-state index in [9.17, 15) is 10.1 Å². The van der Waals surface area contributed by atoms with Crippen molar-refractivity contribution in [3.8, 4) is 23.1 Å². The van der Waals surface area contributed by atoms with Crippen LogP contribution in [0.5, 0.6) is 5.75 Å². The summed E-state index contributed by atoms with van der Waals surface area (Å²) in [4.78, 5) is 21.7. The van der Waals surface area contributed by atoms with Gasteiger partial charge in [-0.2, -0.15) is 5.26 Å². The number of carbonyl (C=O) groups excluding carboxylic acids is 1. The van der Waals surface area contributed by atoms with Crippen molar-refractivity contribution in [1.29, 1.82) is 5.26 Å². The first kappa shape index (κ1) is 28.1. The molecule has 0 spiro atoms. The number of thiazole rings is 1. The van der Waals surface area contributed by atoms with Gasteiger partial charge < -0.3 is 19.1 Å². The SMILES string of the molecule is COC(=O)C1CCN(c2nc(-c3cc(C)ccc3OCc3ccc(CN4CCOCC4)cc3C#N)cs2)CC1C. The zero-order valence-corrected chi connectivity index (χ0v) is 24.2. The number of hydrogen-bond acceptors (Lipinski definition) is 9. The van der Waals surface area contributed by atoms with E-state index in [-0.39, 0.29) is 17.8 Å². The summed E-state index contributed by atoms with van der Waals surface area (Å²) in [7, 11) is 1.46. The van der Waals surface area contributed by atoms with Crippen molar-refractivity contribution in [2.24, 2.45) is 11.8 Å². The fourth-order valence-electron chi connectivity index (χ4n) is 5.45. The molecule has 210 valence electrons. The van der Waals surface area contributed by atoms with Gasteiger partial charge in [0, 0.05) is 49.2 Å². The van der Waals surface area contributed by atoms with Gasteiger partial charge in [0.2, 0.25) is 0 Å². The van der Waals surface area contributed by atoms with Gasteiger partial charge in [-0.15, -0.1) is 11.3 Å². The molecule has 0 N–H and O–H groups in total. The standard InChI is InChI=1S/C31H36N4O4S/c1-21-4-7-29(39-19-24-6-5-23(15-25(24)16-32)18-34-10-12-38-13-11-34)27(14-21)28-20-40-31(33-28)35-9-8-26(22(2)17-35)30(36)37-3/h4-7,14-15,20,22,26H,8-13,17-19H2,1-3H3. The largest absolute Gasteiger partial charge is 0.488 e. The highest BCUT2D eigenvalue weighted by atomic mass is 32.1. The highest BCUT2D eigenvalue weighted by Crippen LogP contribution is 2.36. The number of nitrogens with zero attached hydrogens (tertiary/aromatic N) is 4. The van der Waals surface area contributed by atoms with Gasteiger partial charge in [0.15, 0.2) is 5.13 Å². The van der Waals surface area contributed by atoms with Crippen LogP contribution >= 0.6 is 11.3 Å². The Hall–Kier alpha value is -3.45. The lowest BCUT2D eigenvalue weighted by Crippen LogP contribution is -2.42. The Morgan fingerprint density at radius 1 is 1.20 bits per heavy atom. The summed E-state index contributed by atoms with van der Waals surface area (Å²) >= 11 is 1.61. The molecule has 0 saturated carbocycles. The van der Waals surface area contributed by atoms with Crippen LogP contribution in [-0.2, 0) is 27.4 Å². The first-order valence-corrected chi connectivity index (χ1v) is 14.7. The van der Waals surface area contributed by atoms with E-state index in [0.717, 1.165) is 91.2 Å². The molecule has 2 aliphatic heterocycles. The van der Waals surface area contributed by atoms with Gasteiger partial charge in [0.05, 0.1) is 43.6 Å². The topological polar surface area (TPSA) is 87.9 Å². The highest BCUT2D eigenvalue weighted by Gasteiger charge is 2.33. The smallest absolute Gasteiger partial charge is 0.309 e. The van der Waals surface area contributed by atoms with E-state index in [4.69, 9.17) is 19.2 Å². The molecule has 3 aromatic rings. The van der Waals surface area contributed by atoms with Gasteiger partial charge in [-0.3, -0.25) is 9.69 Å². The van der Waals surface area contributed by atoms with Crippen molar-refractivity contribution in [3.05, 3.63) is 64.0 Å². The van der Waals surface area contributed by atoms with Crippen molar-refractivity contribution in [3.63, 3.8) is 0 Å². The number of nitriles is 1. The van der Waals surface area contributed by atoms with E-state index in [1.807, 2.05) is 24.3 Å². The van der Waals surface area contributed by atoms with Crippen molar-refractivity contribution in [2.75, 3.05) is 51.4 Å². The number of anilines is 1. The van der Waals surface area contributed by atoms with E-state index in [1.54, 1.807) is 11.3 Å². The van der Waals surface area contributed by atoms with Crippen LogP contribution in [0.2, 0.25) is 0 Å². The van der Waals surface area contributed by atoms with Crippen molar-refractivity contribution in [1.82, 2.24) is 9.88 Å². The third-order valence-corrected chi connectivity index (χ3v) is 8.67. The summed E-state index contributed by atoms with van der Waals surface area (Å²) < 4.78 is 16.7. The van der Waals surface area contributed by atoms with Gasteiger partial charge in [0.25, 0.3) is 0 Å². The van der Waals surface area contributed by atoms with Crippen LogP contribution in [-0.4, -0.2) is 62.4 Å². The number of piperidine rings is 1. The fourth-order valence-corrected chi connectivity index (χ4v) is 6.31. The summed E-state index contributed by atoms with van der Waals surface area (Å²) in [6, 6.07) is 14.5. The van der Waals surface area contributed by atoms with Crippen LogP contribution in [0, 0.1) is 30.1 Å². The van der Waals surface area contributed by atoms with E-state index >= 15 is 0 Å². The van der Waals surface area contributed by atoms with Gasteiger partial charge >= 0.3 is 5.97 Å². The quantitative estimate of drug-likeness (QED) is 0.354. The summed E-state index contributed by atoms with van der Waals surface area (Å²) in [5.41, 5.74) is 5.54. The number of benzene rings is 2. The Morgan fingerprint density at radius 3 is 2.77 bits per heavy atom. The number of rotatable bonds is 8. The number of carbonyl (C=O) groups is 1. The van der Waals surface area contributed by atoms with Crippen LogP contribution in [0.4, 0.5) is 5.13 Å². The number of hydrogen-bond donors (Lipinski definition) is 0. The molecule has 0 aliphatic carbocycles. The Labute approximate surface area is 240 Å². The number of morpholine rings is 1. The van der Waals surface area contributed by atoms with E-state index in [0.29, 0.717) is 12.2 Å². The molecule has 8 nitrogen and oxygen atoms in total. The maximum atomic E-state index is 12.1. The molecular formula is C31H36N4O4S. The first-order chi connectivity index (χ1) is 19.4. The van der Waals surface area contributed by atoms with E-state index in [1.165, 1.54) is 7.11 Å². The van der Waals surface area contributed by atoms with Crippen LogP contribution in [0.25, 0.3) is 11.3 Å². The lowest BCUT2D eigenvalue weighted by atomic mass is 9.87. The molecule has 40 heavy (non-hydrogen) atoms. The normalized spacial score (nSPS) is 19.7. The molecule has 0 amide bonds. The molecule has 5 rings (SSSR count). The van der Waals surface area contributed by atoms with Gasteiger partial charge in [-0.1, -0.05) is 30.7 Å². The molecule has 0 radical (unpaired) electrons. The lowest BCUT2D eigenvalue weighted by molar-refractivity contribution is -0.147. The lowest BCUT2D eigenvalue weighted by Gasteiger charge is -2.35. The summed E-state index contributed by atoms with van der Waals surface area (Å²) in [5.74, 6) is 0.742.